The Morgan fingerprint density at radius 3 is 2.43 bits per heavy atom. The third kappa shape index (κ3) is 5.02. The van der Waals surface area contributed by atoms with Gasteiger partial charge in [0, 0.05) is 6.61 Å². The molecular formula is C10H15BO3. The first-order chi connectivity index (χ1) is 6.79. The molecule has 0 fully saturated rings. The number of hydrogen-bond donors (Lipinski definition) is 2. The van der Waals surface area contributed by atoms with Gasteiger partial charge in [-0.15, -0.1) is 0 Å². The van der Waals surface area contributed by atoms with Crippen molar-refractivity contribution >= 4 is 7.32 Å². The predicted molar refractivity (Wildman–Crippen MR) is 55.5 cm³/mol. The Kier molecular flexibility index (Phi) is 5.29. The summed E-state index contributed by atoms with van der Waals surface area (Å²) < 4.78 is 4.59. The molecule has 0 aliphatic rings. The van der Waals surface area contributed by atoms with Crippen LogP contribution in [0.2, 0.25) is 0 Å². The monoisotopic (exact) mass is 194 g/mol. The molecule has 0 spiro atoms. The highest BCUT2D eigenvalue weighted by Crippen LogP contribution is 2.04. The summed E-state index contributed by atoms with van der Waals surface area (Å²) in [6.45, 7) is 0.393. The van der Waals surface area contributed by atoms with Crippen LogP contribution in [0.4, 0.5) is 0 Å². The van der Waals surface area contributed by atoms with Crippen molar-refractivity contribution < 1.29 is 14.7 Å². The number of aryl methyl sites for hydroxylation is 1. The lowest BCUT2D eigenvalue weighted by molar-refractivity contribution is 0.182. The second kappa shape index (κ2) is 6.59. The smallest absolute Gasteiger partial charge is 0.402 e. The zero-order chi connectivity index (χ0) is 10.2. The number of unbranched alkanes of at least 4 members (excludes halogenated alkanes) is 1. The van der Waals surface area contributed by atoms with E-state index in [0.717, 1.165) is 19.3 Å². The SMILES string of the molecule is OB(O)OCCCCc1ccccc1. The van der Waals surface area contributed by atoms with Crippen LogP contribution in [0.5, 0.6) is 0 Å². The second-order valence-corrected chi connectivity index (χ2v) is 3.14. The summed E-state index contributed by atoms with van der Waals surface area (Å²) in [4.78, 5) is 0. The lowest BCUT2D eigenvalue weighted by Gasteiger charge is -2.02. The van der Waals surface area contributed by atoms with Gasteiger partial charge in [0.25, 0.3) is 0 Å². The van der Waals surface area contributed by atoms with Gasteiger partial charge in [-0.05, 0) is 24.8 Å². The normalized spacial score (nSPS) is 10.1. The summed E-state index contributed by atoms with van der Waals surface area (Å²) in [6.07, 6.45) is 2.84. The van der Waals surface area contributed by atoms with Crippen molar-refractivity contribution in [2.45, 2.75) is 19.3 Å². The largest absolute Gasteiger partial charge is 0.633 e. The van der Waals surface area contributed by atoms with Gasteiger partial charge in [0.15, 0.2) is 0 Å². The van der Waals surface area contributed by atoms with Gasteiger partial charge in [0.2, 0.25) is 0 Å². The molecule has 1 aromatic rings. The maximum absolute atomic E-state index is 8.40. The minimum absolute atomic E-state index is 0.393. The lowest BCUT2D eigenvalue weighted by Crippen LogP contribution is -2.17. The van der Waals surface area contributed by atoms with E-state index in [1.807, 2.05) is 18.2 Å². The quantitative estimate of drug-likeness (QED) is 0.524. The molecule has 14 heavy (non-hydrogen) atoms. The average Bonchev–Trinajstić information content (AvgIpc) is 2.18. The maximum atomic E-state index is 8.40. The van der Waals surface area contributed by atoms with Crippen LogP contribution in [0.1, 0.15) is 18.4 Å². The van der Waals surface area contributed by atoms with Crippen LogP contribution in [0, 0.1) is 0 Å². The maximum Gasteiger partial charge on any atom is 0.633 e. The van der Waals surface area contributed by atoms with Crippen LogP contribution in [0.3, 0.4) is 0 Å². The van der Waals surface area contributed by atoms with E-state index in [1.54, 1.807) is 0 Å². The third-order valence-electron chi connectivity index (χ3n) is 1.97. The van der Waals surface area contributed by atoms with E-state index < -0.39 is 7.32 Å². The fraction of sp³-hybridized carbons (Fsp3) is 0.400. The van der Waals surface area contributed by atoms with Gasteiger partial charge in [-0.1, -0.05) is 30.3 Å². The molecule has 0 radical (unpaired) electrons. The van der Waals surface area contributed by atoms with E-state index >= 15 is 0 Å². The molecule has 0 aliphatic heterocycles. The molecule has 0 heterocycles. The summed E-state index contributed by atoms with van der Waals surface area (Å²) in [5, 5.41) is 16.8. The van der Waals surface area contributed by atoms with Gasteiger partial charge in [-0.25, -0.2) is 0 Å². The number of benzene rings is 1. The zero-order valence-corrected chi connectivity index (χ0v) is 8.10. The van der Waals surface area contributed by atoms with E-state index in [2.05, 4.69) is 16.8 Å². The summed E-state index contributed by atoms with van der Waals surface area (Å²) in [7, 11) is -1.63. The Morgan fingerprint density at radius 1 is 1.07 bits per heavy atom. The van der Waals surface area contributed by atoms with Crippen molar-refractivity contribution in [2.24, 2.45) is 0 Å². The minimum atomic E-state index is -1.63. The molecule has 0 aromatic heterocycles. The molecular weight excluding hydrogens is 179 g/mol. The topological polar surface area (TPSA) is 49.7 Å². The highest BCUT2D eigenvalue weighted by Gasteiger charge is 2.06. The fourth-order valence-corrected chi connectivity index (χ4v) is 1.26. The summed E-state index contributed by atoms with van der Waals surface area (Å²) in [6, 6.07) is 10.2. The summed E-state index contributed by atoms with van der Waals surface area (Å²) in [5.74, 6) is 0. The zero-order valence-electron chi connectivity index (χ0n) is 8.10. The molecule has 0 unspecified atom stereocenters. The van der Waals surface area contributed by atoms with Crippen LogP contribution in [-0.4, -0.2) is 24.0 Å². The molecule has 1 rings (SSSR count). The Morgan fingerprint density at radius 2 is 1.79 bits per heavy atom. The van der Waals surface area contributed by atoms with Crippen molar-refractivity contribution in [2.75, 3.05) is 6.61 Å². The van der Waals surface area contributed by atoms with Crippen LogP contribution in [0.15, 0.2) is 30.3 Å². The van der Waals surface area contributed by atoms with Crippen molar-refractivity contribution in [3.63, 3.8) is 0 Å². The first-order valence-corrected chi connectivity index (χ1v) is 4.81. The van der Waals surface area contributed by atoms with Crippen molar-refractivity contribution in [3.8, 4) is 0 Å². The van der Waals surface area contributed by atoms with Crippen LogP contribution >= 0.6 is 0 Å². The van der Waals surface area contributed by atoms with E-state index in [-0.39, 0.29) is 0 Å². The Labute approximate surface area is 84.5 Å². The predicted octanol–water partition coefficient (Wildman–Crippen LogP) is 0.995. The van der Waals surface area contributed by atoms with Crippen LogP contribution in [0.25, 0.3) is 0 Å². The Balaban J connectivity index is 2.05. The van der Waals surface area contributed by atoms with E-state index in [9.17, 15) is 0 Å². The fourth-order valence-electron chi connectivity index (χ4n) is 1.26. The molecule has 0 saturated carbocycles. The van der Waals surface area contributed by atoms with Crippen molar-refractivity contribution in [1.29, 1.82) is 0 Å². The molecule has 0 aliphatic carbocycles. The van der Waals surface area contributed by atoms with E-state index in [4.69, 9.17) is 10.0 Å². The van der Waals surface area contributed by atoms with Crippen molar-refractivity contribution in [3.05, 3.63) is 35.9 Å². The minimum Gasteiger partial charge on any atom is -0.402 e. The van der Waals surface area contributed by atoms with Crippen LogP contribution in [-0.2, 0) is 11.1 Å². The molecule has 76 valence electrons. The van der Waals surface area contributed by atoms with E-state index in [1.165, 1.54) is 5.56 Å². The van der Waals surface area contributed by atoms with Crippen molar-refractivity contribution in [1.82, 2.24) is 0 Å². The van der Waals surface area contributed by atoms with Gasteiger partial charge in [-0.2, -0.15) is 0 Å². The molecule has 0 amide bonds. The first-order valence-electron chi connectivity index (χ1n) is 4.81. The molecule has 0 bridgehead atoms. The number of rotatable bonds is 6. The van der Waals surface area contributed by atoms with Gasteiger partial charge in [0.05, 0.1) is 0 Å². The second-order valence-electron chi connectivity index (χ2n) is 3.14. The average molecular weight is 194 g/mol. The summed E-state index contributed by atoms with van der Waals surface area (Å²) in [5.41, 5.74) is 1.30. The lowest BCUT2D eigenvalue weighted by atomic mass is 10.1. The third-order valence-corrected chi connectivity index (χ3v) is 1.97. The molecule has 3 nitrogen and oxygen atoms in total. The molecule has 1 aromatic carbocycles. The highest BCUT2D eigenvalue weighted by molar-refractivity contribution is 6.32. The first kappa shape index (κ1) is 11.2. The molecule has 4 heteroatoms. The molecule has 2 N–H and O–H groups in total. The van der Waals surface area contributed by atoms with Gasteiger partial charge >= 0.3 is 7.32 Å². The van der Waals surface area contributed by atoms with Gasteiger partial charge < -0.3 is 14.7 Å². The highest BCUT2D eigenvalue weighted by atomic mass is 16.6. The Bertz CT molecular complexity index is 238. The van der Waals surface area contributed by atoms with Gasteiger partial charge in [-0.3, -0.25) is 0 Å². The summed E-state index contributed by atoms with van der Waals surface area (Å²) >= 11 is 0. The van der Waals surface area contributed by atoms with Crippen LogP contribution < -0.4 is 0 Å². The number of hydrogen-bond acceptors (Lipinski definition) is 3. The molecule has 0 atom stereocenters. The Hall–Kier alpha value is -0.835. The standard InChI is InChI=1S/C10H15BO3/c12-11(13)14-9-5-4-8-10-6-2-1-3-7-10/h1-3,6-7,12-13H,4-5,8-9H2. The van der Waals surface area contributed by atoms with E-state index in [0.29, 0.717) is 6.61 Å². The molecule has 0 saturated heterocycles. The van der Waals surface area contributed by atoms with Gasteiger partial charge in [0.1, 0.15) is 0 Å².